The molecule has 0 bridgehead atoms. The molecule has 2 fully saturated rings. The molecule has 5 rings (SSSR count). The number of carbonyl (C=O) groups is 1. The minimum Gasteiger partial charge on any atom is -0.394 e. The molecule has 43 heavy (non-hydrogen) atoms. The van der Waals surface area contributed by atoms with Crippen molar-refractivity contribution < 1.29 is 27.8 Å². The normalized spacial score (nSPS) is 20.6. The number of aliphatic hydroxyl groups is 1. The minimum atomic E-state index is -1.13. The second-order valence-corrected chi connectivity index (χ2v) is 11.7. The van der Waals surface area contributed by atoms with Gasteiger partial charge in [-0.15, -0.1) is 0 Å². The summed E-state index contributed by atoms with van der Waals surface area (Å²) in [5.41, 5.74) is 2.30. The number of carbonyl (C=O) groups excluding carboxylic acids is 1. The van der Waals surface area contributed by atoms with Gasteiger partial charge in [-0.2, -0.15) is 0 Å². The van der Waals surface area contributed by atoms with E-state index in [0.717, 1.165) is 29.3 Å². The van der Waals surface area contributed by atoms with Gasteiger partial charge in [0.15, 0.2) is 0 Å². The van der Waals surface area contributed by atoms with Crippen molar-refractivity contribution in [1.82, 2.24) is 25.1 Å². The van der Waals surface area contributed by atoms with Gasteiger partial charge in [0.05, 0.1) is 24.4 Å². The number of halogens is 3. The standard InChI is InChI=1S/C32H40F3N5O3/c1-20-4-3-5-22(12-20)16-39-18-29(26-13-25(33)6-7-27(26)34)38-31(39)30(23-8-10-43-11-9-23)40(32(42)37-21(2)19-41)17-24-14-36-15-28(24)35/h3-7,12-13,18,21,23-24,28,30,36,41H,8-11,14-17,19H2,1-2H3,(H,37,42). The highest BCUT2D eigenvalue weighted by Crippen LogP contribution is 2.38. The van der Waals surface area contributed by atoms with Crippen molar-refractivity contribution in [2.24, 2.45) is 11.8 Å². The number of urea groups is 1. The van der Waals surface area contributed by atoms with Crippen molar-refractivity contribution in [2.75, 3.05) is 39.5 Å². The molecule has 3 heterocycles. The largest absolute Gasteiger partial charge is 0.394 e. The number of amides is 2. The fraction of sp³-hybridized carbons (Fsp3) is 0.500. The van der Waals surface area contributed by atoms with Gasteiger partial charge in [0, 0.05) is 57.1 Å². The Morgan fingerprint density at radius 2 is 2.00 bits per heavy atom. The Labute approximate surface area is 250 Å². The van der Waals surface area contributed by atoms with Crippen LogP contribution in [0.15, 0.2) is 48.7 Å². The maximum Gasteiger partial charge on any atom is 0.318 e. The van der Waals surface area contributed by atoms with Gasteiger partial charge in [0.25, 0.3) is 0 Å². The fourth-order valence-corrected chi connectivity index (χ4v) is 6.05. The second kappa shape index (κ2) is 13.9. The van der Waals surface area contributed by atoms with Crippen LogP contribution in [-0.2, 0) is 11.3 Å². The van der Waals surface area contributed by atoms with Crippen LogP contribution >= 0.6 is 0 Å². The zero-order valence-corrected chi connectivity index (χ0v) is 24.6. The number of ether oxygens (including phenoxy) is 1. The Balaban J connectivity index is 1.65. The highest BCUT2D eigenvalue weighted by Gasteiger charge is 2.40. The van der Waals surface area contributed by atoms with Crippen molar-refractivity contribution >= 4 is 6.03 Å². The van der Waals surface area contributed by atoms with Gasteiger partial charge in [0.2, 0.25) is 0 Å². The van der Waals surface area contributed by atoms with Gasteiger partial charge >= 0.3 is 6.03 Å². The van der Waals surface area contributed by atoms with E-state index in [1.54, 1.807) is 18.0 Å². The van der Waals surface area contributed by atoms with E-state index < -0.39 is 41.8 Å². The molecule has 2 saturated heterocycles. The highest BCUT2D eigenvalue weighted by molar-refractivity contribution is 5.75. The molecule has 0 spiro atoms. The lowest BCUT2D eigenvalue weighted by molar-refractivity contribution is 0.0253. The molecule has 11 heteroatoms. The van der Waals surface area contributed by atoms with E-state index in [1.165, 1.54) is 0 Å². The lowest BCUT2D eigenvalue weighted by Gasteiger charge is -2.40. The third kappa shape index (κ3) is 7.39. The molecule has 3 N–H and O–H groups in total. The predicted molar refractivity (Wildman–Crippen MR) is 157 cm³/mol. The van der Waals surface area contributed by atoms with E-state index in [0.29, 0.717) is 45.0 Å². The summed E-state index contributed by atoms with van der Waals surface area (Å²) in [4.78, 5) is 20.5. The maximum atomic E-state index is 15.0. The van der Waals surface area contributed by atoms with Gasteiger partial charge in [-0.25, -0.2) is 22.9 Å². The van der Waals surface area contributed by atoms with Crippen LogP contribution in [-0.4, -0.2) is 77.3 Å². The van der Waals surface area contributed by atoms with E-state index in [-0.39, 0.29) is 36.9 Å². The Kier molecular flexibility index (Phi) is 10.0. The van der Waals surface area contributed by atoms with Crippen molar-refractivity contribution in [2.45, 2.75) is 51.5 Å². The average molecular weight is 600 g/mol. The third-order valence-corrected chi connectivity index (χ3v) is 8.35. The van der Waals surface area contributed by atoms with Crippen molar-refractivity contribution in [1.29, 1.82) is 0 Å². The van der Waals surface area contributed by atoms with E-state index in [1.807, 2.05) is 35.8 Å². The number of benzene rings is 2. The molecule has 0 saturated carbocycles. The molecule has 1 aromatic heterocycles. The van der Waals surface area contributed by atoms with Crippen LogP contribution < -0.4 is 10.6 Å². The van der Waals surface area contributed by atoms with Crippen molar-refractivity contribution in [3.63, 3.8) is 0 Å². The summed E-state index contributed by atoms with van der Waals surface area (Å²) < 4.78 is 51.9. The molecule has 232 valence electrons. The second-order valence-electron chi connectivity index (χ2n) is 11.7. The van der Waals surface area contributed by atoms with E-state index >= 15 is 4.39 Å². The number of nitrogens with one attached hydrogen (secondary N) is 2. The van der Waals surface area contributed by atoms with Gasteiger partial charge in [-0.05, 0) is 56.4 Å². The lowest BCUT2D eigenvalue weighted by Crippen LogP contribution is -2.51. The van der Waals surface area contributed by atoms with Crippen LogP contribution in [0.1, 0.15) is 42.8 Å². The molecule has 4 unspecified atom stereocenters. The Morgan fingerprint density at radius 3 is 2.70 bits per heavy atom. The first-order valence-electron chi connectivity index (χ1n) is 14.9. The number of aliphatic hydroxyl groups excluding tert-OH is 1. The monoisotopic (exact) mass is 599 g/mol. The molecule has 2 aliphatic heterocycles. The number of alkyl halides is 1. The number of aromatic nitrogens is 2. The molecule has 3 aromatic rings. The van der Waals surface area contributed by atoms with E-state index in [4.69, 9.17) is 9.72 Å². The Morgan fingerprint density at radius 1 is 1.21 bits per heavy atom. The van der Waals surface area contributed by atoms with Gasteiger partial charge < -0.3 is 29.9 Å². The number of nitrogens with zero attached hydrogens (tertiary/aromatic N) is 3. The van der Waals surface area contributed by atoms with Crippen LogP contribution in [0.3, 0.4) is 0 Å². The van der Waals surface area contributed by atoms with E-state index in [9.17, 15) is 18.7 Å². The van der Waals surface area contributed by atoms with Crippen LogP contribution in [0.4, 0.5) is 18.0 Å². The van der Waals surface area contributed by atoms with Gasteiger partial charge in [0.1, 0.15) is 23.6 Å². The number of imidazole rings is 1. The van der Waals surface area contributed by atoms with Crippen LogP contribution in [0.25, 0.3) is 11.3 Å². The Bertz CT molecular complexity index is 1400. The Hall–Kier alpha value is -3.41. The van der Waals surface area contributed by atoms with Crippen LogP contribution in [0, 0.1) is 30.4 Å². The molecule has 2 aliphatic rings. The predicted octanol–water partition coefficient (Wildman–Crippen LogP) is 4.60. The van der Waals surface area contributed by atoms with Crippen molar-refractivity contribution in [3.05, 3.63) is 77.2 Å². The number of aryl methyl sites for hydroxylation is 1. The first-order valence-corrected chi connectivity index (χ1v) is 14.9. The quantitative estimate of drug-likeness (QED) is 0.317. The summed E-state index contributed by atoms with van der Waals surface area (Å²) in [5.74, 6) is -1.24. The van der Waals surface area contributed by atoms with Gasteiger partial charge in [-0.3, -0.25) is 0 Å². The average Bonchev–Trinajstić information content (AvgIpc) is 3.60. The molecule has 2 amide bonds. The summed E-state index contributed by atoms with van der Waals surface area (Å²) >= 11 is 0. The summed E-state index contributed by atoms with van der Waals surface area (Å²) in [5, 5.41) is 15.6. The lowest BCUT2D eigenvalue weighted by atomic mass is 9.89. The number of hydrogen-bond acceptors (Lipinski definition) is 5. The first-order chi connectivity index (χ1) is 20.7. The highest BCUT2D eigenvalue weighted by atomic mass is 19.1. The summed E-state index contributed by atoms with van der Waals surface area (Å²) in [6.45, 7) is 5.52. The molecule has 4 atom stereocenters. The third-order valence-electron chi connectivity index (χ3n) is 8.35. The molecule has 2 aromatic carbocycles. The van der Waals surface area contributed by atoms with E-state index in [2.05, 4.69) is 10.6 Å². The smallest absolute Gasteiger partial charge is 0.318 e. The van der Waals surface area contributed by atoms with Gasteiger partial charge in [-0.1, -0.05) is 29.8 Å². The molecule has 8 nitrogen and oxygen atoms in total. The SMILES string of the molecule is Cc1cccc(Cn2cc(-c3cc(F)ccc3F)nc2C(C2CCOCC2)N(CC2CNCC2F)C(=O)NC(C)CO)c1. The van der Waals surface area contributed by atoms with Crippen LogP contribution in [0.5, 0.6) is 0 Å². The topological polar surface area (TPSA) is 91.7 Å². The zero-order valence-electron chi connectivity index (χ0n) is 24.6. The maximum absolute atomic E-state index is 15.0. The summed E-state index contributed by atoms with van der Waals surface area (Å²) in [7, 11) is 0. The first kappa shape index (κ1) is 31.0. The zero-order chi connectivity index (χ0) is 30.5. The minimum absolute atomic E-state index is 0.0173. The molecule has 0 aliphatic carbocycles. The molecule has 0 radical (unpaired) electrons. The molecular weight excluding hydrogens is 559 g/mol. The summed E-state index contributed by atoms with van der Waals surface area (Å²) in [6, 6.07) is 9.62. The number of rotatable bonds is 10. The van der Waals surface area contributed by atoms with Crippen LogP contribution in [0.2, 0.25) is 0 Å². The fourth-order valence-electron chi connectivity index (χ4n) is 6.05. The summed E-state index contributed by atoms with van der Waals surface area (Å²) in [6.07, 6.45) is 1.83. The van der Waals surface area contributed by atoms with Crippen molar-refractivity contribution in [3.8, 4) is 11.3 Å². The molecular formula is C32H40F3N5O3. The number of hydrogen-bond donors (Lipinski definition) is 3.